The maximum absolute atomic E-state index is 2.39. The fraction of sp³-hybridized carbons (Fsp3) is 0. The van der Waals surface area contributed by atoms with Crippen LogP contribution < -0.4 is 4.90 Å². The monoisotopic (exact) mass is 709 g/mol. The van der Waals surface area contributed by atoms with E-state index in [0.29, 0.717) is 0 Å². The lowest BCUT2D eigenvalue weighted by Crippen LogP contribution is -2.09. The lowest BCUT2D eigenvalue weighted by molar-refractivity contribution is 1.29. The number of hydrogen-bond acceptors (Lipinski definition) is 3. The van der Waals surface area contributed by atoms with Crippen LogP contribution in [0.4, 0.5) is 17.1 Å². The van der Waals surface area contributed by atoms with E-state index in [1.54, 1.807) is 0 Å². The van der Waals surface area contributed by atoms with Gasteiger partial charge in [0.2, 0.25) is 0 Å². The number of anilines is 3. The first-order valence-electron chi connectivity index (χ1n) is 18.0. The molecule has 9 aromatic carbocycles. The fourth-order valence-electron chi connectivity index (χ4n) is 8.15. The first kappa shape index (κ1) is 30.4. The molecule has 0 radical (unpaired) electrons. The Balaban J connectivity index is 1.03. The molecule has 11 aromatic rings. The van der Waals surface area contributed by atoms with Crippen molar-refractivity contribution in [3.05, 3.63) is 188 Å². The Bertz CT molecular complexity index is 3160. The first-order valence-corrected chi connectivity index (χ1v) is 19.6. The highest BCUT2D eigenvalue weighted by molar-refractivity contribution is 7.26. The molecule has 0 aliphatic carbocycles. The van der Waals surface area contributed by atoms with Gasteiger partial charge in [-0.25, -0.2) is 0 Å². The summed E-state index contributed by atoms with van der Waals surface area (Å²) in [5, 5.41) is 10.4. The van der Waals surface area contributed by atoms with Gasteiger partial charge in [-0.3, -0.25) is 0 Å². The Morgan fingerprint density at radius 3 is 1.51 bits per heavy atom. The summed E-state index contributed by atoms with van der Waals surface area (Å²) in [7, 11) is 0. The van der Waals surface area contributed by atoms with E-state index in [-0.39, 0.29) is 0 Å². The van der Waals surface area contributed by atoms with Crippen molar-refractivity contribution >= 4 is 102 Å². The molecule has 0 aliphatic rings. The molecule has 3 heteroatoms. The molecule has 0 aliphatic heterocycles. The van der Waals surface area contributed by atoms with Crippen LogP contribution in [0.25, 0.3) is 84.1 Å². The molecule has 0 saturated heterocycles. The van der Waals surface area contributed by atoms with E-state index in [1.807, 2.05) is 22.7 Å². The van der Waals surface area contributed by atoms with Gasteiger partial charge in [0.15, 0.2) is 0 Å². The van der Waals surface area contributed by atoms with Crippen LogP contribution in [0.5, 0.6) is 0 Å². The lowest BCUT2D eigenvalue weighted by atomic mass is 9.96. The van der Waals surface area contributed by atoms with Crippen LogP contribution in [0.1, 0.15) is 0 Å². The maximum atomic E-state index is 2.39. The molecule has 0 amide bonds. The molecule has 0 atom stereocenters. The van der Waals surface area contributed by atoms with Gasteiger partial charge < -0.3 is 4.90 Å². The maximum Gasteiger partial charge on any atom is 0.0476 e. The Morgan fingerprint density at radius 2 is 0.774 bits per heavy atom. The Labute approximate surface area is 315 Å². The predicted molar refractivity (Wildman–Crippen MR) is 233 cm³/mol. The minimum Gasteiger partial charge on any atom is -0.310 e. The van der Waals surface area contributed by atoms with Crippen molar-refractivity contribution in [1.82, 2.24) is 0 Å². The van der Waals surface area contributed by atoms with Crippen molar-refractivity contribution in [3.63, 3.8) is 0 Å². The van der Waals surface area contributed by atoms with Crippen molar-refractivity contribution in [3.8, 4) is 22.3 Å². The lowest BCUT2D eigenvalue weighted by Gasteiger charge is -2.26. The molecule has 2 heterocycles. The van der Waals surface area contributed by atoms with E-state index >= 15 is 0 Å². The molecule has 11 rings (SSSR count). The van der Waals surface area contributed by atoms with Crippen LogP contribution in [0.2, 0.25) is 0 Å². The third-order valence-corrected chi connectivity index (χ3v) is 13.0. The summed E-state index contributed by atoms with van der Waals surface area (Å²) in [6.45, 7) is 0. The molecule has 2 aromatic heterocycles. The van der Waals surface area contributed by atoms with Crippen molar-refractivity contribution in [2.45, 2.75) is 0 Å². The van der Waals surface area contributed by atoms with E-state index in [0.717, 1.165) is 17.1 Å². The fourth-order valence-corrected chi connectivity index (χ4v) is 10.5. The summed E-state index contributed by atoms with van der Waals surface area (Å²) < 4.78 is 5.31. The number of nitrogens with zero attached hydrogens (tertiary/aromatic N) is 1. The molecule has 1 nitrogen and oxygen atoms in total. The smallest absolute Gasteiger partial charge is 0.0476 e. The summed E-state index contributed by atoms with van der Waals surface area (Å²) in [6, 6.07) is 69.1. The number of thiophene rings is 2. The number of hydrogen-bond donors (Lipinski definition) is 0. The number of benzene rings is 9. The Kier molecular flexibility index (Phi) is 6.97. The van der Waals surface area contributed by atoms with Crippen LogP contribution in [0.15, 0.2) is 188 Å². The van der Waals surface area contributed by atoms with E-state index in [2.05, 4.69) is 193 Å². The van der Waals surface area contributed by atoms with Crippen molar-refractivity contribution in [2.24, 2.45) is 0 Å². The van der Waals surface area contributed by atoms with Gasteiger partial charge in [0.25, 0.3) is 0 Å². The van der Waals surface area contributed by atoms with Gasteiger partial charge in [-0.2, -0.15) is 0 Å². The second-order valence-electron chi connectivity index (χ2n) is 13.7. The highest BCUT2D eigenvalue weighted by atomic mass is 32.1. The zero-order valence-electron chi connectivity index (χ0n) is 28.7. The zero-order valence-corrected chi connectivity index (χ0v) is 30.3. The first-order chi connectivity index (χ1) is 26.3. The normalized spacial score (nSPS) is 11.8. The number of rotatable bonds is 5. The molecule has 0 unspecified atom stereocenters. The minimum atomic E-state index is 1.12. The standard InChI is InChI=1S/C50H31NS2/c1-2-11-38-32(9-1)10-7-14-39(38)33-19-23-35(24-20-33)51(37-27-28-44-42-12-3-5-17-47(42)52-49(44)31-37)36-25-21-34(22-26-36)40-15-8-16-45-41(40)29-30-46-43-13-4-6-18-48(43)53-50(45)46/h1-31H. The quantitative estimate of drug-likeness (QED) is 0.172. The molecule has 248 valence electrons. The predicted octanol–water partition coefficient (Wildman–Crippen LogP) is 15.5. The summed E-state index contributed by atoms with van der Waals surface area (Å²) in [5.41, 5.74) is 8.33. The molecule has 0 fully saturated rings. The summed E-state index contributed by atoms with van der Waals surface area (Å²) >= 11 is 3.75. The van der Waals surface area contributed by atoms with Crippen LogP contribution in [0, 0.1) is 0 Å². The third-order valence-electron chi connectivity index (χ3n) is 10.7. The highest BCUT2D eigenvalue weighted by Crippen LogP contribution is 2.44. The molecule has 53 heavy (non-hydrogen) atoms. The average Bonchev–Trinajstić information content (AvgIpc) is 3.80. The summed E-state index contributed by atoms with van der Waals surface area (Å²) in [4.78, 5) is 2.39. The SMILES string of the molecule is c1ccc2c(-c3ccc(N(c4ccc(-c5cccc6c5ccc5c7ccccc7sc65)cc4)c4ccc5c(c4)sc4ccccc45)cc3)cccc2c1. The summed E-state index contributed by atoms with van der Waals surface area (Å²) in [6.07, 6.45) is 0. The van der Waals surface area contributed by atoms with Gasteiger partial charge in [0.1, 0.15) is 0 Å². The van der Waals surface area contributed by atoms with Gasteiger partial charge in [0.05, 0.1) is 0 Å². The highest BCUT2D eigenvalue weighted by Gasteiger charge is 2.17. The van der Waals surface area contributed by atoms with Crippen molar-refractivity contribution in [1.29, 1.82) is 0 Å². The van der Waals surface area contributed by atoms with E-state index in [1.165, 1.54) is 84.1 Å². The van der Waals surface area contributed by atoms with E-state index in [4.69, 9.17) is 0 Å². The van der Waals surface area contributed by atoms with E-state index in [9.17, 15) is 0 Å². The van der Waals surface area contributed by atoms with Gasteiger partial charge in [-0.15, -0.1) is 22.7 Å². The topological polar surface area (TPSA) is 3.24 Å². The van der Waals surface area contributed by atoms with Crippen LogP contribution in [-0.4, -0.2) is 0 Å². The minimum absolute atomic E-state index is 1.12. The van der Waals surface area contributed by atoms with Crippen molar-refractivity contribution < 1.29 is 0 Å². The zero-order chi connectivity index (χ0) is 34.9. The summed E-state index contributed by atoms with van der Waals surface area (Å²) in [5.74, 6) is 0. The average molecular weight is 710 g/mol. The van der Waals surface area contributed by atoms with Crippen molar-refractivity contribution in [2.75, 3.05) is 4.90 Å². The Morgan fingerprint density at radius 1 is 0.302 bits per heavy atom. The third kappa shape index (κ3) is 4.97. The molecular weight excluding hydrogens is 679 g/mol. The van der Waals surface area contributed by atoms with Gasteiger partial charge in [-0.05, 0) is 86.9 Å². The van der Waals surface area contributed by atoms with Crippen LogP contribution in [-0.2, 0) is 0 Å². The number of fused-ring (bicyclic) bond motifs is 9. The molecule has 0 saturated carbocycles. The van der Waals surface area contributed by atoms with Gasteiger partial charge in [0, 0.05) is 62.8 Å². The molecule has 0 bridgehead atoms. The van der Waals surface area contributed by atoms with E-state index < -0.39 is 0 Å². The van der Waals surface area contributed by atoms with Crippen LogP contribution in [0.3, 0.4) is 0 Å². The van der Waals surface area contributed by atoms with Gasteiger partial charge >= 0.3 is 0 Å². The van der Waals surface area contributed by atoms with Crippen LogP contribution >= 0.6 is 22.7 Å². The Hall–Kier alpha value is -6.26. The second-order valence-corrected chi connectivity index (χ2v) is 15.8. The largest absolute Gasteiger partial charge is 0.310 e. The molecular formula is C50H31NS2. The molecule has 0 N–H and O–H groups in total. The van der Waals surface area contributed by atoms with Gasteiger partial charge in [-0.1, -0.05) is 140 Å². The second kappa shape index (κ2) is 12.2. The molecule has 0 spiro atoms.